The number of hydrogen-bond donors (Lipinski definition) is 1. The van der Waals surface area contributed by atoms with Gasteiger partial charge in [-0.3, -0.25) is 0 Å². The van der Waals surface area contributed by atoms with Crippen LogP contribution in [0.15, 0.2) is 18.3 Å². The molecule has 5 nitrogen and oxygen atoms in total. The normalized spacial score (nSPS) is 13.1. The molecule has 0 fully saturated rings. The first kappa shape index (κ1) is 12.6. The highest BCUT2D eigenvalue weighted by atomic mass is 32.2. The lowest BCUT2D eigenvalue weighted by atomic mass is 10.2. The number of aromatic nitrogens is 1. The van der Waals surface area contributed by atoms with E-state index in [4.69, 9.17) is 11.0 Å². The van der Waals surface area contributed by atoms with Crippen LogP contribution in [-0.4, -0.2) is 25.2 Å². The molecule has 6 heteroatoms. The van der Waals surface area contributed by atoms with Crippen molar-refractivity contribution in [3.63, 3.8) is 0 Å². The molecule has 1 heterocycles. The van der Waals surface area contributed by atoms with Crippen molar-refractivity contribution in [2.75, 3.05) is 6.54 Å². The van der Waals surface area contributed by atoms with E-state index in [1.54, 1.807) is 13.0 Å². The minimum absolute atomic E-state index is 0.0958. The molecule has 0 aromatic carbocycles. The third-order valence-electron chi connectivity index (χ3n) is 2.25. The van der Waals surface area contributed by atoms with Crippen molar-refractivity contribution >= 4 is 9.84 Å². The van der Waals surface area contributed by atoms with Crippen molar-refractivity contribution in [1.82, 2.24) is 4.98 Å². The number of sulfone groups is 1. The molecule has 16 heavy (non-hydrogen) atoms. The van der Waals surface area contributed by atoms with Crippen LogP contribution < -0.4 is 5.73 Å². The summed E-state index contributed by atoms with van der Waals surface area (Å²) in [5.74, 6) is -0.109. The first-order chi connectivity index (χ1) is 7.49. The van der Waals surface area contributed by atoms with Crippen LogP contribution in [0.1, 0.15) is 18.2 Å². The van der Waals surface area contributed by atoms with Crippen LogP contribution in [0.2, 0.25) is 0 Å². The molecule has 0 amide bonds. The van der Waals surface area contributed by atoms with Gasteiger partial charge >= 0.3 is 0 Å². The summed E-state index contributed by atoms with van der Waals surface area (Å²) in [4.78, 5) is 3.77. The highest BCUT2D eigenvalue weighted by molar-refractivity contribution is 7.91. The Labute approximate surface area is 94.8 Å². The van der Waals surface area contributed by atoms with E-state index in [1.165, 1.54) is 12.3 Å². The molecule has 0 saturated carbocycles. The molecule has 0 aliphatic rings. The molecular weight excluding hydrogens is 226 g/mol. The van der Waals surface area contributed by atoms with E-state index >= 15 is 0 Å². The van der Waals surface area contributed by atoms with E-state index in [0.29, 0.717) is 5.56 Å². The van der Waals surface area contributed by atoms with Crippen LogP contribution in [-0.2, 0) is 15.6 Å². The number of hydrogen-bond acceptors (Lipinski definition) is 5. The largest absolute Gasteiger partial charge is 0.329 e. The Morgan fingerprint density at radius 2 is 2.31 bits per heavy atom. The Balaban J connectivity index is 2.93. The minimum Gasteiger partial charge on any atom is -0.329 e. The summed E-state index contributed by atoms with van der Waals surface area (Å²) in [5, 5.41) is 8.06. The van der Waals surface area contributed by atoms with Crippen LogP contribution in [0, 0.1) is 11.3 Å². The van der Waals surface area contributed by atoms with Crippen LogP contribution in [0.5, 0.6) is 0 Å². The Morgan fingerprint density at radius 3 is 2.88 bits per heavy atom. The molecule has 0 spiro atoms. The fraction of sp³-hybridized carbons (Fsp3) is 0.400. The predicted molar refractivity (Wildman–Crippen MR) is 60.1 cm³/mol. The zero-order valence-corrected chi connectivity index (χ0v) is 9.74. The van der Waals surface area contributed by atoms with Gasteiger partial charge in [0, 0.05) is 12.7 Å². The van der Waals surface area contributed by atoms with Gasteiger partial charge in [0.05, 0.1) is 11.0 Å². The standard InChI is InChI=1S/C10H13N3O2S/c1-8(5-11)16(14,15)7-9-2-3-13-10(4-9)6-12/h2-4,8H,5,7,11H2,1H3. The number of nitrogens with two attached hydrogens (primary N) is 1. The van der Waals surface area contributed by atoms with E-state index in [-0.39, 0.29) is 18.0 Å². The van der Waals surface area contributed by atoms with Crippen LogP contribution in [0.4, 0.5) is 0 Å². The maximum absolute atomic E-state index is 11.7. The van der Waals surface area contributed by atoms with Crippen LogP contribution >= 0.6 is 0 Å². The van der Waals surface area contributed by atoms with Gasteiger partial charge < -0.3 is 5.73 Å². The van der Waals surface area contributed by atoms with Crippen molar-refractivity contribution in [1.29, 1.82) is 5.26 Å². The second kappa shape index (κ2) is 5.05. The highest BCUT2D eigenvalue weighted by Crippen LogP contribution is 2.10. The summed E-state index contributed by atoms with van der Waals surface area (Å²) in [5.41, 5.74) is 6.10. The summed E-state index contributed by atoms with van der Waals surface area (Å²) in [6, 6.07) is 4.92. The fourth-order valence-corrected chi connectivity index (χ4v) is 2.37. The number of nitrogens with zero attached hydrogens (tertiary/aromatic N) is 2. The molecular formula is C10H13N3O2S. The number of pyridine rings is 1. The van der Waals surface area contributed by atoms with Crippen molar-refractivity contribution < 1.29 is 8.42 Å². The molecule has 86 valence electrons. The molecule has 1 rings (SSSR count). The highest BCUT2D eigenvalue weighted by Gasteiger charge is 2.19. The summed E-state index contributed by atoms with van der Waals surface area (Å²) in [6.45, 7) is 1.67. The smallest absolute Gasteiger partial charge is 0.158 e. The van der Waals surface area contributed by atoms with Crippen molar-refractivity contribution in [2.45, 2.75) is 17.9 Å². The summed E-state index contributed by atoms with van der Waals surface area (Å²) < 4.78 is 23.5. The Hall–Kier alpha value is -1.45. The van der Waals surface area contributed by atoms with Gasteiger partial charge in [0.1, 0.15) is 11.8 Å². The summed E-state index contributed by atoms with van der Waals surface area (Å²) in [6.07, 6.45) is 1.43. The third kappa shape index (κ3) is 3.02. The molecule has 2 N–H and O–H groups in total. The van der Waals surface area contributed by atoms with Gasteiger partial charge in [-0.15, -0.1) is 0 Å². The molecule has 0 saturated heterocycles. The van der Waals surface area contributed by atoms with Crippen molar-refractivity contribution in [3.8, 4) is 6.07 Å². The van der Waals surface area contributed by atoms with E-state index in [0.717, 1.165) is 0 Å². The average molecular weight is 239 g/mol. The van der Waals surface area contributed by atoms with Gasteiger partial charge in [-0.25, -0.2) is 13.4 Å². The quantitative estimate of drug-likeness (QED) is 0.810. The third-order valence-corrected chi connectivity index (χ3v) is 4.41. The molecule has 1 unspecified atom stereocenters. The van der Waals surface area contributed by atoms with Gasteiger partial charge in [0.2, 0.25) is 0 Å². The summed E-state index contributed by atoms with van der Waals surface area (Å²) in [7, 11) is -3.25. The summed E-state index contributed by atoms with van der Waals surface area (Å²) >= 11 is 0. The van der Waals surface area contributed by atoms with E-state index < -0.39 is 15.1 Å². The number of rotatable bonds is 4. The average Bonchev–Trinajstić information content (AvgIpc) is 2.27. The molecule has 0 aliphatic carbocycles. The SMILES string of the molecule is CC(CN)S(=O)(=O)Cc1ccnc(C#N)c1. The minimum atomic E-state index is -3.25. The van der Waals surface area contributed by atoms with Gasteiger partial charge in [0.15, 0.2) is 9.84 Å². The van der Waals surface area contributed by atoms with Gasteiger partial charge in [-0.05, 0) is 24.6 Å². The van der Waals surface area contributed by atoms with Crippen molar-refractivity contribution in [2.24, 2.45) is 5.73 Å². The molecule has 1 aromatic rings. The van der Waals surface area contributed by atoms with Gasteiger partial charge in [0.25, 0.3) is 0 Å². The molecule has 0 aliphatic heterocycles. The Morgan fingerprint density at radius 1 is 1.62 bits per heavy atom. The zero-order chi connectivity index (χ0) is 12.2. The Bertz CT molecular complexity index is 505. The monoisotopic (exact) mass is 239 g/mol. The Kier molecular flexibility index (Phi) is 3.99. The van der Waals surface area contributed by atoms with Crippen LogP contribution in [0.3, 0.4) is 0 Å². The first-order valence-corrected chi connectivity index (χ1v) is 6.48. The maximum Gasteiger partial charge on any atom is 0.158 e. The van der Waals surface area contributed by atoms with E-state index in [9.17, 15) is 8.42 Å². The van der Waals surface area contributed by atoms with Gasteiger partial charge in [-0.2, -0.15) is 5.26 Å². The predicted octanol–water partition coefficient (Wildman–Crippen LogP) is 0.215. The van der Waals surface area contributed by atoms with E-state index in [2.05, 4.69) is 4.98 Å². The number of nitriles is 1. The van der Waals surface area contributed by atoms with Crippen LogP contribution in [0.25, 0.3) is 0 Å². The lowest BCUT2D eigenvalue weighted by molar-refractivity contribution is 0.583. The second-order valence-electron chi connectivity index (χ2n) is 3.51. The fourth-order valence-electron chi connectivity index (χ4n) is 1.15. The zero-order valence-electron chi connectivity index (χ0n) is 8.92. The second-order valence-corrected chi connectivity index (χ2v) is 5.93. The lowest BCUT2D eigenvalue weighted by Gasteiger charge is -2.10. The van der Waals surface area contributed by atoms with E-state index in [1.807, 2.05) is 6.07 Å². The first-order valence-electron chi connectivity index (χ1n) is 4.76. The van der Waals surface area contributed by atoms with Crippen molar-refractivity contribution in [3.05, 3.63) is 29.6 Å². The molecule has 0 bridgehead atoms. The molecule has 0 radical (unpaired) electrons. The lowest BCUT2D eigenvalue weighted by Crippen LogP contribution is -2.27. The molecule has 1 aromatic heterocycles. The topological polar surface area (TPSA) is 96.8 Å². The molecule has 1 atom stereocenters. The maximum atomic E-state index is 11.7. The van der Waals surface area contributed by atoms with Gasteiger partial charge in [-0.1, -0.05) is 0 Å².